The molecule has 10 heteroatoms. The van der Waals surface area contributed by atoms with E-state index in [2.05, 4.69) is 0 Å². The molecule has 4 amide bonds. The van der Waals surface area contributed by atoms with Crippen LogP contribution in [-0.4, -0.2) is 30.7 Å². The van der Waals surface area contributed by atoms with Crippen LogP contribution in [0.3, 0.4) is 0 Å². The summed E-state index contributed by atoms with van der Waals surface area (Å²) in [5, 5.41) is 0. The number of amides is 4. The van der Waals surface area contributed by atoms with Crippen molar-refractivity contribution in [3.63, 3.8) is 0 Å². The van der Waals surface area contributed by atoms with Crippen LogP contribution < -0.4 is 28.7 Å². The second-order valence-electron chi connectivity index (χ2n) is 13.7. The van der Waals surface area contributed by atoms with Crippen molar-refractivity contribution in [1.82, 2.24) is 0 Å². The molecule has 0 bridgehead atoms. The number of methoxy groups -OCH3 is 1. The molecule has 0 saturated carbocycles. The Morgan fingerprint density at radius 3 is 1.29 bits per heavy atom. The van der Waals surface area contributed by atoms with Gasteiger partial charge in [0, 0.05) is 6.07 Å². The van der Waals surface area contributed by atoms with Crippen LogP contribution in [0.15, 0.2) is 158 Å². The first-order valence-corrected chi connectivity index (χ1v) is 18.3. The van der Waals surface area contributed by atoms with Gasteiger partial charge in [0.1, 0.15) is 40.2 Å². The molecular weight excluding hydrogens is 733 g/mol. The minimum atomic E-state index is -0.521. The van der Waals surface area contributed by atoms with Gasteiger partial charge in [-0.1, -0.05) is 42.5 Å². The van der Waals surface area contributed by atoms with Gasteiger partial charge >= 0.3 is 0 Å². The van der Waals surface area contributed by atoms with E-state index in [1.165, 1.54) is 31.4 Å². The van der Waals surface area contributed by atoms with Crippen molar-refractivity contribution in [3.05, 3.63) is 186 Å². The van der Waals surface area contributed by atoms with Gasteiger partial charge in [0.25, 0.3) is 23.6 Å². The molecule has 0 spiro atoms. The number of carbonyl (C=O) groups excluding carboxylic acids is 4. The summed E-state index contributed by atoms with van der Waals surface area (Å²) in [7, 11) is 1.53. The third-order valence-electron chi connectivity index (χ3n) is 9.86. The number of fused-ring (bicyclic) bond motifs is 2. The molecule has 0 unspecified atom stereocenters. The van der Waals surface area contributed by atoms with Crippen molar-refractivity contribution in [2.45, 2.75) is 6.92 Å². The standard InChI is InChI=1S/C48H32N2O8/c1-29-5-3-7-37(25-29)56-35-15-9-30(10-16-35)31-11-17-36(18-12-31)57-38-8-4-6-33(26-38)50-46(52)42-24-22-40(28-44(42)48(50)54)58-39-21-23-41-43(27-39)47(53)49(45(41)51)32-13-19-34(55-2)20-14-32/h3-28H,1-2H3. The molecule has 0 aliphatic carbocycles. The smallest absolute Gasteiger partial charge is 0.266 e. The normalized spacial score (nSPS) is 13.1. The fourth-order valence-electron chi connectivity index (χ4n) is 6.97. The first kappa shape index (κ1) is 35.7. The molecule has 0 saturated heterocycles. The molecule has 9 rings (SSSR count). The highest BCUT2D eigenvalue weighted by Crippen LogP contribution is 2.37. The number of ether oxygens (including phenoxy) is 4. The van der Waals surface area contributed by atoms with Crippen LogP contribution in [0.4, 0.5) is 11.4 Å². The van der Waals surface area contributed by atoms with Crippen molar-refractivity contribution in [2.24, 2.45) is 0 Å². The van der Waals surface area contributed by atoms with Gasteiger partial charge in [0.15, 0.2) is 0 Å². The maximum absolute atomic E-state index is 13.7. The fourth-order valence-corrected chi connectivity index (χ4v) is 6.97. The van der Waals surface area contributed by atoms with E-state index in [9.17, 15) is 19.2 Å². The zero-order chi connectivity index (χ0) is 39.9. The van der Waals surface area contributed by atoms with E-state index in [4.69, 9.17) is 18.9 Å². The quantitative estimate of drug-likeness (QED) is 0.127. The number of nitrogens with zero attached hydrogens (tertiary/aromatic N) is 2. The van der Waals surface area contributed by atoms with Crippen molar-refractivity contribution in [2.75, 3.05) is 16.9 Å². The summed E-state index contributed by atoms with van der Waals surface area (Å²) in [6.07, 6.45) is 0. The molecule has 7 aromatic rings. The molecule has 282 valence electrons. The second-order valence-corrected chi connectivity index (χ2v) is 13.7. The fraction of sp³-hybridized carbons (Fsp3) is 0.0417. The predicted octanol–water partition coefficient (Wildman–Crippen LogP) is 10.6. The van der Waals surface area contributed by atoms with Crippen molar-refractivity contribution in [1.29, 1.82) is 0 Å². The number of aryl methyl sites for hydroxylation is 1. The van der Waals surface area contributed by atoms with Crippen LogP contribution >= 0.6 is 0 Å². The predicted molar refractivity (Wildman–Crippen MR) is 218 cm³/mol. The van der Waals surface area contributed by atoms with E-state index in [-0.39, 0.29) is 33.8 Å². The van der Waals surface area contributed by atoms with Gasteiger partial charge in [-0.3, -0.25) is 19.2 Å². The Kier molecular flexibility index (Phi) is 8.98. The largest absolute Gasteiger partial charge is 0.497 e. The number of imide groups is 2. The lowest BCUT2D eigenvalue weighted by atomic mass is 10.1. The topological polar surface area (TPSA) is 112 Å². The lowest BCUT2D eigenvalue weighted by Gasteiger charge is -2.15. The molecule has 2 heterocycles. The monoisotopic (exact) mass is 764 g/mol. The molecule has 2 aliphatic rings. The molecule has 0 N–H and O–H groups in total. The molecule has 7 aromatic carbocycles. The van der Waals surface area contributed by atoms with Crippen LogP contribution in [0.25, 0.3) is 11.1 Å². The summed E-state index contributed by atoms with van der Waals surface area (Å²) in [4.78, 5) is 56.0. The Morgan fingerprint density at radius 1 is 0.362 bits per heavy atom. The van der Waals surface area contributed by atoms with Crippen LogP contribution in [0.5, 0.6) is 40.2 Å². The summed E-state index contributed by atoms with van der Waals surface area (Å²) in [5.74, 6) is 1.76. The van der Waals surface area contributed by atoms with Crippen LogP contribution in [0.2, 0.25) is 0 Å². The van der Waals surface area contributed by atoms with Gasteiger partial charge in [-0.2, -0.15) is 0 Å². The minimum Gasteiger partial charge on any atom is -0.497 e. The summed E-state index contributed by atoms with van der Waals surface area (Å²) < 4.78 is 23.4. The maximum Gasteiger partial charge on any atom is 0.266 e. The summed E-state index contributed by atoms with van der Waals surface area (Å²) >= 11 is 0. The van der Waals surface area contributed by atoms with Crippen LogP contribution in [0.1, 0.15) is 47.0 Å². The van der Waals surface area contributed by atoms with Gasteiger partial charge < -0.3 is 18.9 Å². The third-order valence-corrected chi connectivity index (χ3v) is 9.86. The molecule has 58 heavy (non-hydrogen) atoms. The Balaban J connectivity index is 0.867. The van der Waals surface area contributed by atoms with Crippen molar-refractivity contribution < 1.29 is 38.1 Å². The lowest BCUT2D eigenvalue weighted by Crippen LogP contribution is -2.29. The molecule has 0 atom stereocenters. The van der Waals surface area contributed by atoms with E-state index < -0.39 is 23.6 Å². The lowest BCUT2D eigenvalue weighted by molar-refractivity contribution is 0.0910. The summed E-state index contributed by atoms with van der Waals surface area (Å²) in [6.45, 7) is 2.02. The van der Waals surface area contributed by atoms with Gasteiger partial charge in [0.05, 0.1) is 40.7 Å². The highest BCUT2D eigenvalue weighted by atomic mass is 16.5. The van der Waals surface area contributed by atoms with E-state index in [0.29, 0.717) is 28.6 Å². The van der Waals surface area contributed by atoms with E-state index >= 15 is 0 Å². The molecule has 10 nitrogen and oxygen atoms in total. The first-order valence-electron chi connectivity index (χ1n) is 18.3. The highest BCUT2D eigenvalue weighted by Gasteiger charge is 2.38. The zero-order valence-electron chi connectivity index (χ0n) is 31.2. The van der Waals surface area contributed by atoms with E-state index in [0.717, 1.165) is 38.0 Å². The number of hydrogen-bond donors (Lipinski definition) is 0. The molecule has 0 fully saturated rings. The molecule has 0 radical (unpaired) electrons. The van der Waals surface area contributed by atoms with E-state index in [1.54, 1.807) is 60.7 Å². The van der Waals surface area contributed by atoms with Crippen LogP contribution in [-0.2, 0) is 0 Å². The average molecular weight is 765 g/mol. The number of carbonyl (C=O) groups is 4. The van der Waals surface area contributed by atoms with Gasteiger partial charge in [-0.05, 0) is 133 Å². The number of rotatable bonds is 10. The van der Waals surface area contributed by atoms with E-state index in [1.807, 2.05) is 79.7 Å². The van der Waals surface area contributed by atoms with Crippen molar-refractivity contribution >= 4 is 35.0 Å². The average Bonchev–Trinajstić information content (AvgIpc) is 3.64. The first-order chi connectivity index (χ1) is 28.2. The molecular formula is C48H32N2O8. The third kappa shape index (κ3) is 6.69. The van der Waals surface area contributed by atoms with Crippen molar-refractivity contribution in [3.8, 4) is 51.4 Å². The molecule has 0 aromatic heterocycles. The summed E-state index contributed by atoms with van der Waals surface area (Å²) in [5.41, 5.74) is 4.71. The molecule has 2 aliphatic heterocycles. The van der Waals surface area contributed by atoms with Gasteiger partial charge in [0.2, 0.25) is 0 Å². The minimum absolute atomic E-state index is 0.164. The Hall–Kier alpha value is -7.98. The number of anilines is 2. The van der Waals surface area contributed by atoms with Gasteiger partial charge in [-0.15, -0.1) is 0 Å². The highest BCUT2D eigenvalue weighted by molar-refractivity contribution is 6.35. The van der Waals surface area contributed by atoms with Gasteiger partial charge in [-0.25, -0.2) is 9.80 Å². The maximum atomic E-state index is 13.7. The van der Waals surface area contributed by atoms with Crippen LogP contribution in [0, 0.1) is 6.92 Å². The zero-order valence-corrected chi connectivity index (χ0v) is 31.2. The summed E-state index contributed by atoms with van der Waals surface area (Å²) in [6, 6.07) is 46.0. The second kappa shape index (κ2) is 14.6. The number of hydrogen-bond acceptors (Lipinski definition) is 8. The Morgan fingerprint density at radius 2 is 0.776 bits per heavy atom. The number of benzene rings is 7. The Bertz CT molecular complexity index is 2780. The SMILES string of the molecule is COc1ccc(N2C(=O)c3ccc(Oc4ccc5c(c4)C(=O)N(c4cccc(Oc6ccc(-c7ccc(Oc8cccc(C)c8)cc7)cc6)c4)C5=O)cc3C2=O)cc1. The Labute approximate surface area is 333 Å².